The number of hydrogen-bond acceptors (Lipinski definition) is 2. The zero-order valence-corrected chi connectivity index (χ0v) is 12.5. The van der Waals surface area contributed by atoms with Crippen LogP contribution in [0.2, 0.25) is 5.02 Å². The van der Waals surface area contributed by atoms with Crippen molar-refractivity contribution >= 4 is 11.6 Å². The Bertz CT molecular complexity index is 511. The molecule has 3 rings (SSSR count). The maximum Gasteiger partial charge on any atom is 0.126 e. The molecule has 104 valence electrons. The van der Waals surface area contributed by atoms with Gasteiger partial charge in [0.2, 0.25) is 0 Å². The van der Waals surface area contributed by atoms with Gasteiger partial charge in [0.15, 0.2) is 0 Å². The van der Waals surface area contributed by atoms with Gasteiger partial charge in [0.1, 0.15) is 11.4 Å². The number of hydrogen-bond donors (Lipinski definition) is 1. The van der Waals surface area contributed by atoms with Crippen molar-refractivity contribution in [2.24, 2.45) is 11.3 Å². The summed E-state index contributed by atoms with van der Waals surface area (Å²) in [4.78, 5) is 0. The van der Waals surface area contributed by atoms with E-state index in [0.29, 0.717) is 17.4 Å². The first-order chi connectivity index (χ1) is 8.81. The van der Waals surface area contributed by atoms with Gasteiger partial charge in [-0.2, -0.15) is 0 Å². The second-order valence-corrected chi connectivity index (χ2v) is 7.45. The minimum absolute atomic E-state index is 0.219. The third-order valence-corrected chi connectivity index (χ3v) is 4.95. The predicted octanol–water partition coefficient (Wildman–Crippen LogP) is 4.35. The molecule has 1 aliphatic carbocycles. The fourth-order valence-corrected chi connectivity index (χ4v) is 4.23. The average molecular weight is 281 g/mol. The molecule has 1 aromatic carbocycles. The molecule has 1 aliphatic heterocycles. The summed E-state index contributed by atoms with van der Waals surface area (Å²) in [5.74, 6) is 1.26. The van der Waals surface area contributed by atoms with Crippen molar-refractivity contribution in [2.45, 2.75) is 51.7 Å². The second kappa shape index (κ2) is 4.13. The smallest absolute Gasteiger partial charge is 0.126 e. The van der Waals surface area contributed by atoms with Crippen LogP contribution in [-0.2, 0) is 0 Å². The van der Waals surface area contributed by atoms with Crippen LogP contribution in [0.1, 0.15) is 51.7 Å². The van der Waals surface area contributed by atoms with Crippen LogP contribution in [0.4, 0.5) is 0 Å². The Morgan fingerprint density at radius 2 is 2.05 bits per heavy atom. The van der Waals surface area contributed by atoms with E-state index >= 15 is 0 Å². The first-order valence-corrected chi connectivity index (χ1v) is 7.36. The van der Waals surface area contributed by atoms with Crippen LogP contribution < -0.4 is 4.74 Å². The molecule has 0 radical (unpaired) electrons. The number of ether oxygens (including phenoxy) is 1. The third-order valence-electron chi connectivity index (χ3n) is 4.72. The van der Waals surface area contributed by atoms with E-state index in [-0.39, 0.29) is 11.0 Å². The van der Waals surface area contributed by atoms with Crippen molar-refractivity contribution in [3.05, 3.63) is 28.8 Å². The summed E-state index contributed by atoms with van der Waals surface area (Å²) >= 11 is 6.00. The van der Waals surface area contributed by atoms with E-state index < -0.39 is 6.10 Å². The summed E-state index contributed by atoms with van der Waals surface area (Å²) in [7, 11) is 0. The van der Waals surface area contributed by atoms with Gasteiger partial charge in [-0.25, -0.2) is 0 Å². The van der Waals surface area contributed by atoms with E-state index in [1.165, 1.54) is 0 Å². The summed E-state index contributed by atoms with van der Waals surface area (Å²) in [6.07, 6.45) is 2.34. The van der Waals surface area contributed by atoms with Gasteiger partial charge in [0, 0.05) is 17.0 Å². The van der Waals surface area contributed by atoms with Crippen molar-refractivity contribution in [3.8, 4) is 5.75 Å². The van der Waals surface area contributed by atoms with Crippen LogP contribution >= 0.6 is 11.6 Å². The van der Waals surface area contributed by atoms with Crippen LogP contribution in [0.25, 0.3) is 0 Å². The minimum Gasteiger partial charge on any atom is -0.486 e. The number of aliphatic hydroxyl groups excluding tert-OH is 1. The van der Waals surface area contributed by atoms with Crippen LogP contribution in [0.15, 0.2) is 18.2 Å². The molecule has 2 nitrogen and oxygen atoms in total. The highest BCUT2D eigenvalue weighted by atomic mass is 35.5. The van der Waals surface area contributed by atoms with Gasteiger partial charge in [0.25, 0.3) is 0 Å². The third kappa shape index (κ3) is 2.15. The fraction of sp³-hybridized carbons (Fsp3) is 0.625. The molecule has 0 amide bonds. The number of rotatable bonds is 0. The highest BCUT2D eigenvalue weighted by Gasteiger charge is 2.53. The molecule has 1 heterocycles. The lowest BCUT2D eigenvalue weighted by Crippen LogP contribution is -2.43. The Morgan fingerprint density at radius 3 is 2.68 bits per heavy atom. The molecule has 0 bridgehead atoms. The number of benzene rings is 1. The Hall–Kier alpha value is -0.730. The van der Waals surface area contributed by atoms with Crippen molar-refractivity contribution in [1.82, 2.24) is 0 Å². The Labute approximate surface area is 119 Å². The summed E-state index contributed by atoms with van der Waals surface area (Å²) < 4.78 is 6.34. The lowest BCUT2D eigenvalue weighted by molar-refractivity contribution is -0.0391. The molecule has 1 spiro atoms. The number of aliphatic hydroxyl groups is 1. The SMILES string of the molecule is CC1CC(C)(C)CC12C[C@@H](O)c1cc(Cl)ccc1O2. The van der Waals surface area contributed by atoms with Crippen molar-refractivity contribution in [3.63, 3.8) is 0 Å². The van der Waals surface area contributed by atoms with Crippen LogP contribution in [-0.4, -0.2) is 10.7 Å². The molecular weight excluding hydrogens is 260 g/mol. The lowest BCUT2D eigenvalue weighted by atomic mass is 9.81. The van der Waals surface area contributed by atoms with Gasteiger partial charge in [-0.3, -0.25) is 0 Å². The monoisotopic (exact) mass is 280 g/mol. The summed E-state index contributed by atoms with van der Waals surface area (Å²) in [5.41, 5.74) is 0.891. The normalized spacial score (nSPS) is 36.1. The van der Waals surface area contributed by atoms with Crippen molar-refractivity contribution in [2.75, 3.05) is 0 Å². The first-order valence-electron chi connectivity index (χ1n) is 6.98. The number of halogens is 1. The topological polar surface area (TPSA) is 29.5 Å². The number of fused-ring (bicyclic) bond motifs is 1. The summed E-state index contributed by atoms with van der Waals surface area (Å²) in [6, 6.07) is 5.54. The predicted molar refractivity (Wildman–Crippen MR) is 76.6 cm³/mol. The maximum atomic E-state index is 10.5. The highest BCUT2D eigenvalue weighted by molar-refractivity contribution is 6.30. The highest BCUT2D eigenvalue weighted by Crippen LogP contribution is 2.55. The van der Waals surface area contributed by atoms with Gasteiger partial charge in [0.05, 0.1) is 6.10 Å². The van der Waals surface area contributed by atoms with Crippen LogP contribution in [0.5, 0.6) is 5.75 Å². The Balaban J connectivity index is 1.99. The molecule has 0 aromatic heterocycles. The fourth-order valence-electron chi connectivity index (χ4n) is 4.05. The molecule has 1 fully saturated rings. The van der Waals surface area contributed by atoms with Crippen LogP contribution in [0, 0.1) is 11.3 Å². The lowest BCUT2D eigenvalue weighted by Gasteiger charge is -2.41. The van der Waals surface area contributed by atoms with E-state index in [1.54, 1.807) is 0 Å². The molecule has 3 heteroatoms. The summed E-state index contributed by atoms with van der Waals surface area (Å²) in [6.45, 7) is 6.80. The Kier molecular flexibility index (Phi) is 2.88. The largest absolute Gasteiger partial charge is 0.486 e. The first kappa shape index (κ1) is 13.3. The maximum absolute atomic E-state index is 10.5. The van der Waals surface area contributed by atoms with Gasteiger partial charge >= 0.3 is 0 Å². The standard InChI is InChI=1S/C16H21ClO2/c1-10-7-15(2,3)9-16(10)8-13(18)12-6-11(17)4-5-14(12)19-16/h4-6,10,13,18H,7-9H2,1-3H3/t10?,13-,16?/m1/s1. The van der Waals surface area contributed by atoms with Gasteiger partial charge in [-0.1, -0.05) is 32.4 Å². The average Bonchev–Trinajstić information content (AvgIpc) is 2.49. The van der Waals surface area contributed by atoms with E-state index in [0.717, 1.165) is 24.2 Å². The molecule has 2 unspecified atom stereocenters. The molecule has 3 atom stereocenters. The molecular formula is C16H21ClO2. The second-order valence-electron chi connectivity index (χ2n) is 7.02. The van der Waals surface area contributed by atoms with E-state index in [2.05, 4.69) is 20.8 Å². The van der Waals surface area contributed by atoms with E-state index in [1.807, 2.05) is 18.2 Å². The van der Waals surface area contributed by atoms with Gasteiger partial charge in [-0.05, 0) is 42.4 Å². The zero-order valence-electron chi connectivity index (χ0n) is 11.7. The van der Waals surface area contributed by atoms with Crippen LogP contribution in [0.3, 0.4) is 0 Å². The molecule has 2 aliphatic rings. The van der Waals surface area contributed by atoms with Gasteiger partial charge in [-0.15, -0.1) is 0 Å². The van der Waals surface area contributed by atoms with E-state index in [9.17, 15) is 5.11 Å². The molecule has 1 saturated carbocycles. The van der Waals surface area contributed by atoms with Gasteiger partial charge < -0.3 is 9.84 Å². The summed E-state index contributed by atoms with van der Waals surface area (Å²) in [5, 5.41) is 11.1. The quantitative estimate of drug-likeness (QED) is 0.765. The molecule has 0 saturated heterocycles. The molecule has 1 aromatic rings. The minimum atomic E-state index is -0.473. The van der Waals surface area contributed by atoms with Crippen molar-refractivity contribution in [1.29, 1.82) is 0 Å². The Morgan fingerprint density at radius 1 is 1.32 bits per heavy atom. The molecule has 1 N–H and O–H groups in total. The zero-order chi connectivity index (χ0) is 13.8. The van der Waals surface area contributed by atoms with E-state index in [4.69, 9.17) is 16.3 Å². The van der Waals surface area contributed by atoms with Crippen molar-refractivity contribution < 1.29 is 9.84 Å². The molecule has 19 heavy (non-hydrogen) atoms.